The molecule has 1 aliphatic carbocycles. The highest BCUT2D eigenvalue weighted by atomic mass is 35.5. The van der Waals surface area contributed by atoms with Crippen LogP contribution in [0.4, 0.5) is 0 Å². The summed E-state index contributed by atoms with van der Waals surface area (Å²) in [4.78, 5) is 0. The number of halogens is 1. The highest BCUT2D eigenvalue weighted by Crippen LogP contribution is 2.35. The number of nitriles is 1. The summed E-state index contributed by atoms with van der Waals surface area (Å²) < 4.78 is 0. The molecule has 0 saturated heterocycles. The van der Waals surface area contributed by atoms with E-state index in [9.17, 15) is 0 Å². The van der Waals surface area contributed by atoms with E-state index in [0.717, 1.165) is 36.0 Å². The van der Waals surface area contributed by atoms with E-state index in [4.69, 9.17) is 22.6 Å². The lowest BCUT2D eigenvalue weighted by Crippen LogP contribution is -2.18. The van der Waals surface area contributed by atoms with Crippen LogP contribution in [0.1, 0.15) is 35.6 Å². The second-order valence-electron chi connectivity index (χ2n) is 3.60. The summed E-state index contributed by atoms with van der Waals surface area (Å²) in [5.74, 6) is 0. The molecule has 0 bridgehead atoms. The van der Waals surface area contributed by atoms with E-state index in [0.29, 0.717) is 5.02 Å². The van der Waals surface area contributed by atoms with Gasteiger partial charge < -0.3 is 5.73 Å². The van der Waals surface area contributed by atoms with Crippen LogP contribution in [0.2, 0.25) is 5.02 Å². The van der Waals surface area contributed by atoms with Gasteiger partial charge in [0.15, 0.2) is 0 Å². The van der Waals surface area contributed by atoms with Gasteiger partial charge in [0.05, 0.1) is 11.6 Å². The average Bonchev–Trinajstić information content (AvgIpc) is 2.18. The van der Waals surface area contributed by atoms with Crippen LogP contribution in [0.25, 0.3) is 0 Å². The Kier molecular flexibility index (Phi) is 2.45. The number of nitrogens with two attached hydrogens (primary N) is 1. The van der Waals surface area contributed by atoms with Crippen LogP contribution in [0, 0.1) is 11.3 Å². The summed E-state index contributed by atoms with van der Waals surface area (Å²) in [5, 5.41) is 9.64. The minimum atomic E-state index is -0.000417. The molecule has 0 spiro atoms. The van der Waals surface area contributed by atoms with E-state index in [1.54, 1.807) is 12.1 Å². The number of nitrogens with zero attached hydrogens (tertiary/aromatic N) is 1. The lowest BCUT2D eigenvalue weighted by Gasteiger charge is -2.24. The van der Waals surface area contributed by atoms with Gasteiger partial charge in [0.25, 0.3) is 0 Å². The van der Waals surface area contributed by atoms with Crippen molar-refractivity contribution in [2.45, 2.75) is 25.3 Å². The highest BCUT2D eigenvalue weighted by molar-refractivity contribution is 6.31. The van der Waals surface area contributed by atoms with Crippen molar-refractivity contribution in [3.05, 3.63) is 33.8 Å². The fourth-order valence-corrected chi connectivity index (χ4v) is 2.37. The van der Waals surface area contributed by atoms with Crippen molar-refractivity contribution in [1.29, 1.82) is 5.26 Å². The second-order valence-corrected chi connectivity index (χ2v) is 4.00. The normalized spacial score (nSPS) is 19.9. The highest BCUT2D eigenvalue weighted by Gasteiger charge is 2.21. The number of hydrogen-bond acceptors (Lipinski definition) is 2. The molecule has 1 aliphatic rings. The molecule has 0 aromatic heterocycles. The van der Waals surface area contributed by atoms with Gasteiger partial charge in [-0.2, -0.15) is 5.26 Å². The van der Waals surface area contributed by atoms with Crippen molar-refractivity contribution in [1.82, 2.24) is 0 Å². The van der Waals surface area contributed by atoms with Crippen molar-refractivity contribution >= 4 is 11.6 Å². The molecule has 0 aliphatic heterocycles. The molecule has 72 valence electrons. The Balaban J connectivity index is 2.65. The third-order valence-electron chi connectivity index (χ3n) is 2.74. The SMILES string of the molecule is N#Cc1ccc(Cl)c2c1CCC[C@@H]2N. The molecular formula is C11H11ClN2. The Hall–Kier alpha value is -1.04. The van der Waals surface area contributed by atoms with Crippen molar-refractivity contribution in [2.24, 2.45) is 5.73 Å². The van der Waals surface area contributed by atoms with Gasteiger partial charge in [0, 0.05) is 11.1 Å². The average molecular weight is 207 g/mol. The van der Waals surface area contributed by atoms with Gasteiger partial charge in [-0.05, 0) is 42.5 Å². The van der Waals surface area contributed by atoms with Crippen LogP contribution in [0.3, 0.4) is 0 Å². The maximum Gasteiger partial charge on any atom is 0.0994 e. The van der Waals surface area contributed by atoms with Gasteiger partial charge >= 0.3 is 0 Å². The van der Waals surface area contributed by atoms with Gasteiger partial charge in [0.2, 0.25) is 0 Å². The first kappa shape index (κ1) is 9.51. The van der Waals surface area contributed by atoms with Crippen molar-refractivity contribution in [2.75, 3.05) is 0 Å². The van der Waals surface area contributed by atoms with Crippen LogP contribution in [0.5, 0.6) is 0 Å². The Bertz CT molecular complexity index is 406. The summed E-state index contributed by atoms with van der Waals surface area (Å²) >= 11 is 6.08. The summed E-state index contributed by atoms with van der Waals surface area (Å²) in [6.07, 6.45) is 2.93. The van der Waals surface area contributed by atoms with Gasteiger partial charge in [0.1, 0.15) is 0 Å². The van der Waals surface area contributed by atoms with Gasteiger partial charge in [-0.3, -0.25) is 0 Å². The fourth-order valence-electron chi connectivity index (χ4n) is 2.05. The molecule has 1 atom stereocenters. The number of fused-ring (bicyclic) bond motifs is 1. The minimum absolute atomic E-state index is 0.000417. The molecule has 0 amide bonds. The first-order valence-electron chi connectivity index (χ1n) is 4.71. The molecule has 2 nitrogen and oxygen atoms in total. The van der Waals surface area contributed by atoms with Crippen LogP contribution in [-0.4, -0.2) is 0 Å². The Morgan fingerprint density at radius 1 is 1.50 bits per heavy atom. The largest absolute Gasteiger partial charge is 0.324 e. The van der Waals surface area contributed by atoms with E-state index in [1.165, 1.54) is 0 Å². The van der Waals surface area contributed by atoms with E-state index in [2.05, 4.69) is 6.07 Å². The smallest absolute Gasteiger partial charge is 0.0994 e. The maximum atomic E-state index is 8.94. The molecule has 1 aromatic rings. The summed E-state index contributed by atoms with van der Waals surface area (Å²) in [6.45, 7) is 0. The molecule has 1 aromatic carbocycles. The summed E-state index contributed by atoms with van der Waals surface area (Å²) in [5.41, 5.74) is 8.74. The first-order valence-corrected chi connectivity index (χ1v) is 5.09. The summed E-state index contributed by atoms with van der Waals surface area (Å²) in [6, 6.07) is 5.73. The zero-order valence-electron chi connectivity index (χ0n) is 7.76. The fraction of sp³-hybridized carbons (Fsp3) is 0.364. The lowest BCUT2D eigenvalue weighted by atomic mass is 9.85. The topological polar surface area (TPSA) is 49.8 Å². The number of rotatable bonds is 0. The Morgan fingerprint density at radius 3 is 3.00 bits per heavy atom. The predicted molar refractivity (Wildman–Crippen MR) is 56.0 cm³/mol. The van der Waals surface area contributed by atoms with E-state index in [1.807, 2.05) is 0 Å². The first-order chi connectivity index (χ1) is 6.74. The molecule has 0 fully saturated rings. The van der Waals surface area contributed by atoms with Gasteiger partial charge in [-0.25, -0.2) is 0 Å². The molecule has 2 N–H and O–H groups in total. The minimum Gasteiger partial charge on any atom is -0.324 e. The molecule has 0 saturated carbocycles. The lowest BCUT2D eigenvalue weighted by molar-refractivity contribution is 0.570. The van der Waals surface area contributed by atoms with E-state index >= 15 is 0 Å². The monoisotopic (exact) mass is 206 g/mol. The summed E-state index contributed by atoms with van der Waals surface area (Å²) in [7, 11) is 0. The molecule has 0 unspecified atom stereocenters. The third kappa shape index (κ3) is 1.39. The number of hydrogen-bond donors (Lipinski definition) is 1. The maximum absolute atomic E-state index is 8.94. The zero-order chi connectivity index (χ0) is 10.1. The Labute approximate surface area is 88.3 Å². The predicted octanol–water partition coefficient (Wildman–Crippen LogP) is 2.55. The van der Waals surface area contributed by atoms with E-state index < -0.39 is 0 Å². The second kappa shape index (κ2) is 3.61. The quantitative estimate of drug-likeness (QED) is 0.709. The zero-order valence-corrected chi connectivity index (χ0v) is 8.51. The number of benzene rings is 1. The van der Waals surface area contributed by atoms with Crippen LogP contribution >= 0.6 is 11.6 Å². The van der Waals surface area contributed by atoms with Gasteiger partial charge in [-0.1, -0.05) is 11.6 Å². The molecule has 0 radical (unpaired) electrons. The molecule has 0 heterocycles. The molecule has 14 heavy (non-hydrogen) atoms. The molecular weight excluding hydrogens is 196 g/mol. The van der Waals surface area contributed by atoms with Crippen molar-refractivity contribution in [3.63, 3.8) is 0 Å². The van der Waals surface area contributed by atoms with Crippen molar-refractivity contribution < 1.29 is 0 Å². The van der Waals surface area contributed by atoms with Crippen LogP contribution < -0.4 is 5.73 Å². The Morgan fingerprint density at radius 2 is 2.29 bits per heavy atom. The molecule has 2 rings (SSSR count). The van der Waals surface area contributed by atoms with Crippen molar-refractivity contribution in [3.8, 4) is 6.07 Å². The van der Waals surface area contributed by atoms with E-state index in [-0.39, 0.29) is 6.04 Å². The standard InChI is InChI=1S/C11H11ClN2/c12-9-5-4-7(6-13)8-2-1-3-10(14)11(8)9/h4-5,10H,1-3,14H2/t10-/m0/s1. The van der Waals surface area contributed by atoms with Gasteiger partial charge in [-0.15, -0.1) is 0 Å². The third-order valence-corrected chi connectivity index (χ3v) is 3.07. The van der Waals surface area contributed by atoms with Crippen LogP contribution in [-0.2, 0) is 6.42 Å². The molecule has 3 heteroatoms. The van der Waals surface area contributed by atoms with Crippen LogP contribution in [0.15, 0.2) is 12.1 Å².